The van der Waals surface area contributed by atoms with Gasteiger partial charge >= 0.3 is 0 Å². The lowest BCUT2D eigenvalue weighted by Gasteiger charge is -2.28. The SMILES string of the molecule is C[C@@H]1C[C@@H](O)[C@H](N)CO1. The van der Waals surface area contributed by atoms with Crippen molar-refractivity contribution in [2.75, 3.05) is 6.61 Å². The summed E-state index contributed by atoms with van der Waals surface area (Å²) in [7, 11) is 0. The summed E-state index contributed by atoms with van der Waals surface area (Å²) >= 11 is 0. The molecule has 0 amide bonds. The third-order valence-electron chi connectivity index (χ3n) is 1.64. The summed E-state index contributed by atoms with van der Waals surface area (Å²) in [5, 5.41) is 9.14. The van der Waals surface area contributed by atoms with Crippen molar-refractivity contribution in [3.05, 3.63) is 0 Å². The summed E-state index contributed by atoms with van der Waals surface area (Å²) < 4.78 is 5.18. The van der Waals surface area contributed by atoms with Crippen molar-refractivity contribution in [2.45, 2.75) is 31.6 Å². The Morgan fingerprint density at radius 2 is 2.33 bits per heavy atom. The molecule has 0 bridgehead atoms. The lowest BCUT2D eigenvalue weighted by Crippen LogP contribution is -2.45. The fourth-order valence-electron chi connectivity index (χ4n) is 0.969. The van der Waals surface area contributed by atoms with E-state index in [1.54, 1.807) is 0 Å². The Hall–Kier alpha value is -0.120. The molecule has 1 saturated heterocycles. The lowest BCUT2D eigenvalue weighted by atomic mass is 10.0. The molecule has 0 unspecified atom stereocenters. The highest BCUT2D eigenvalue weighted by Crippen LogP contribution is 2.11. The maximum atomic E-state index is 9.14. The van der Waals surface area contributed by atoms with Crippen LogP contribution in [-0.4, -0.2) is 30.0 Å². The summed E-state index contributed by atoms with van der Waals surface area (Å²) in [6.07, 6.45) is 0.467. The van der Waals surface area contributed by atoms with Crippen LogP contribution in [0.2, 0.25) is 0 Å². The molecule has 0 spiro atoms. The highest BCUT2D eigenvalue weighted by Gasteiger charge is 2.23. The predicted molar refractivity (Wildman–Crippen MR) is 34.0 cm³/mol. The van der Waals surface area contributed by atoms with Crippen LogP contribution in [0, 0.1) is 0 Å². The van der Waals surface area contributed by atoms with Crippen LogP contribution in [0.1, 0.15) is 13.3 Å². The molecule has 0 aromatic carbocycles. The number of aliphatic hydroxyl groups excluding tert-OH is 1. The Morgan fingerprint density at radius 1 is 1.67 bits per heavy atom. The lowest BCUT2D eigenvalue weighted by molar-refractivity contribution is -0.0480. The smallest absolute Gasteiger partial charge is 0.0738 e. The molecule has 0 aliphatic carbocycles. The molecular weight excluding hydrogens is 118 g/mol. The zero-order valence-corrected chi connectivity index (χ0v) is 5.58. The van der Waals surface area contributed by atoms with E-state index in [9.17, 15) is 0 Å². The van der Waals surface area contributed by atoms with Gasteiger partial charge in [0.25, 0.3) is 0 Å². The highest BCUT2D eigenvalue weighted by atomic mass is 16.5. The molecule has 3 heteroatoms. The molecule has 3 N–H and O–H groups in total. The summed E-state index contributed by atoms with van der Waals surface area (Å²) in [5.41, 5.74) is 5.47. The van der Waals surface area contributed by atoms with Crippen molar-refractivity contribution in [3.63, 3.8) is 0 Å². The van der Waals surface area contributed by atoms with Crippen molar-refractivity contribution in [2.24, 2.45) is 5.73 Å². The minimum atomic E-state index is -0.367. The second kappa shape index (κ2) is 2.64. The number of nitrogens with two attached hydrogens (primary N) is 1. The van der Waals surface area contributed by atoms with Gasteiger partial charge in [-0.2, -0.15) is 0 Å². The highest BCUT2D eigenvalue weighted by molar-refractivity contribution is 4.78. The topological polar surface area (TPSA) is 55.5 Å². The molecule has 0 aromatic heterocycles. The van der Waals surface area contributed by atoms with Gasteiger partial charge < -0.3 is 15.6 Å². The van der Waals surface area contributed by atoms with E-state index in [4.69, 9.17) is 15.6 Å². The minimum Gasteiger partial charge on any atom is -0.391 e. The molecule has 0 radical (unpaired) electrons. The summed E-state index contributed by atoms with van der Waals surface area (Å²) in [6.45, 7) is 2.43. The molecule has 1 aliphatic heterocycles. The largest absolute Gasteiger partial charge is 0.391 e. The van der Waals surface area contributed by atoms with E-state index < -0.39 is 0 Å². The fourth-order valence-corrected chi connectivity index (χ4v) is 0.969. The third kappa shape index (κ3) is 1.64. The molecule has 3 atom stereocenters. The first kappa shape index (κ1) is 6.99. The van der Waals surface area contributed by atoms with Gasteiger partial charge in [0, 0.05) is 6.42 Å². The van der Waals surface area contributed by atoms with Crippen molar-refractivity contribution < 1.29 is 9.84 Å². The van der Waals surface area contributed by atoms with Gasteiger partial charge in [0.1, 0.15) is 0 Å². The second-order valence-corrected chi connectivity index (χ2v) is 2.61. The Morgan fingerprint density at radius 3 is 2.78 bits per heavy atom. The van der Waals surface area contributed by atoms with E-state index in [2.05, 4.69) is 0 Å². The van der Waals surface area contributed by atoms with Gasteiger partial charge in [-0.3, -0.25) is 0 Å². The molecule has 3 nitrogen and oxygen atoms in total. The average Bonchev–Trinajstić information content (AvgIpc) is 1.80. The standard InChI is InChI=1S/C6H13NO2/c1-4-2-6(8)5(7)3-9-4/h4-6,8H,2-3,7H2,1H3/t4-,5-,6-/m1/s1. The number of aliphatic hydroxyl groups is 1. The number of hydrogen-bond donors (Lipinski definition) is 2. The zero-order valence-electron chi connectivity index (χ0n) is 5.58. The molecule has 54 valence electrons. The summed E-state index contributed by atoms with van der Waals surface area (Å²) in [6, 6.07) is -0.179. The van der Waals surface area contributed by atoms with Crippen LogP contribution >= 0.6 is 0 Å². The van der Waals surface area contributed by atoms with E-state index in [1.165, 1.54) is 0 Å². The molecule has 9 heavy (non-hydrogen) atoms. The number of hydrogen-bond acceptors (Lipinski definition) is 3. The quantitative estimate of drug-likeness (QED) is 0.465. The van der Waals surface area contributed by atoms with Gasteiger partial charge in [0.15, 0.2) is 0 Å². The van der Waals surface area contributed by atoms with Gasteiger partial charge in [-0.05, 0) is 6.92 Å². The Balaban J connectivity index is 2.35. The van der Waals surface area contributed by atoms with Gasteiger partial charge in [-0.25, -0.2) is 0 Å². The Bertz CT molecular complexity index is 97.1. The molecule has 1 aliphatic rings. The van der Waals surface area contributed by atoms with E-state index >= 15 is 0 Å². The van der Waals surface area contributed by atoms with Crippen LogP contribution in [0.25, 0.3) is 0 Å². The number of rotatable bonds is 0. The van der Waals surface area contributed by atoms with E-state index in [1.807, 2.05) is 6.92 Å². The first-order chi connectivity index (χ1) is 4.20. The molecule has 1 rings (SSSR count). The van der Waals surface area contributed by atoms with Gasteiger partial charge in [-0.1, -0.05) is 0 Å². The van der Waals surface area contributed by atoms with Crippen LogP contribution in [-0.2, 0) is 4.74 Å². The van der Waals surface area contributed by atoms with Crippen molar-refractivity contribution in [1.82, 2.24) is 0 Å². The van der Waals surface area contributed by atoms with Crippen LogP contribution < -0.4 is 5.73 Å². The van der Waals surface area contributed by atoms with E-state index in [0.717, 1.165) is 0 Å². The molecule has 0 saturated carbocycles. The summed E-state index contributed by atoms with van der Waals surface area (Å²) in [4.78, 5) is 0. The molecule has 1 fully saturated rings. The zero-order chi connectivity index (χ0) is 6.85. The normalized spacial score (nSPS) is 45.0. The van der Waals surface area contributed by atoms with Crippen molar-refractivity contribution in [3.8, 4) is 0 Å². The maximum absolute atomic E-state index is 9.14. The Labute approximate surface area is 54.8 Å². The van der Waals surface area contributed by atoms with Crippen molar-refractivity contribution >= 4 is 0 Å². The van der Waals surface area contributed by atoms with Gasteiger partial charge in [0.05, 0.1) is 24.9 Å². The van der Waals surface area contributed by atoms with Gasteiger partial charge in [-0.15, -0.1) is 0 Å². The van der Waals surface area contributed by atoms with E-state index in [0.29, 0.717) is 13.0 Å². The van der Waals surface area contributed by atoms with Crippen LogP contribution in [0.3, 0.4) is 0 Å². The van der Waals surface area contributed by atoms with Crippen LogP contribution in [0.4, 0.5) is 0 Å². The molecular formula is C6H13NO2. The monoisotopic (exact) mass is 131 g/mol. The molecule has 1 heterocycles. The van der Waals surface area contributed by atoms with Crippen molar-refractivity contribution in [1.29, 1.82) is 0 Å². The predicted octanol–water partition coefficient (Wildman–Crippen LogP) is -0.517. The first-order valence-electron chi connectivity index (χ1n) is 3.25. The second-order valence-electron chi connectivity index (χ2n) is 2.61. The van der Waals surface area contributed by atoms with Crippen LogP contribution in [0.5, 0.6) is 0 Å². The van der Waals surface area contributed by atoms with E-state index in [-0.39, 0.29) is 18.2 Å². The Kier molecular flexibility index (Phi) is 2.05. The van der Waals surface area contributed by atoms with Gasteiger partial charge in [0.2, 0.25) is 0 Å². The fraction of sp³-hybridized carbons (Fsp3) is 1.00. The third-order valence-corrected chi connectivity index (χ3v) is 1.64. The number of ether oxygens (including phenoxy) is 1. The first-order valence-corrected chi connectivity index (χ1v) is 3.25. The molecule has 0 aromatic rings. The summed E-state index contributed by atoms with van der Waals surface area (Å²) in [5.74, 6) is 0. The minimum absolute atomic E-state index is 0.166. The maximum Gasteiger partial charge on any atom is 0.0738 e. The average molecular weight is 131 g/mol. The van der Waals surface area contributed by atoms with Crippen LogP contribution in [0.15, 0.2) is 0 Å².